The molecule has 7 heteroatoms. The largest absolute Gasteiger partial charge is 0.259 e. The van der Waals surface area contributed by atoms with Crippen LogP contribution in [0.2, 0.25) is 0 Å². The first-order chi connectivity index (χ1) is 11.7. The van der Waals surface area contributed by atoms with Gasteiger partial charge in [0.2, 0.25) is 5.13 Å². The number of halogens is 1. The third-order valence-corrected chi connectivity index (χ3v) is 4.50. The van der Waals surface area contributed by atoms with Crippen molar-refractivity contribution in [2.75, 3.05) is 10.2 Å². The van der Waals surface area contributed by atoms with Crippen LogP contribution in [-0.4, -0.2) is 10.8 Å². The van der Waals surface area contributed by atoms with Crippen molar-refractivity contribution >= 4 is 58.1 Å². The van der Waals surface area contributed by atoms with Crippen LogP contribution in [0.15, 0.2) is 65.8 Å². The fraction of sp³-hybridized carbons (Fsp3) is 0. The summed E-state index contributed by atoms with van der Waals surface area (Å²) in [5.74, 6) is 0.755. The Morgan fingerprint density at radius 1 is 0.920 bits per heavy atom. The van der Waals surface area contributed by atoms with Crippen molar-refractivity contribution in [3.8, 4) is 0 Å². The lowest BCUT2D eigenvalue weighted by Gasteiger charge is -2.25. The Morgan fingerprint density at radius 3 is 2.16 bits per heavy atom. The highest BCUT2D eigenvalue weighted by molar-refractivity contribution is 8.93. The number of hydrogen-bond donors (Lipinski definition) is 1. The quantitative estimate of drug-likeness (QED) is 0.716. The predicted octanol–water partition coefficient (Wildman–Crippen LogP) is 2.65. The molecule has 0 amide bonds. The van der Waals surface area contributed by atoms with Crippen LogP contribution in [0, 0.1) is 0 Å². The molecular formula is C18H16BrN5S. The Hall–Kier alpha value is -2.64. The molecule has 3 aromatic rings. The molecule has 0 bridgehead atoms. The summed E-state index contributed by atoms with van der Waals surface area (Å²) in [6.07, 6.45) is 0. The van der Waals surface area contributed by atoms with Crippen LogP contribution in [0.1, 0.15) is 5.56 Å². The second-order valence-corrected chi connectivity index (χ2v) is 6.29. The number of aromatic nitrogens is 1. The number of benzene rings is 2. The highest BCUT2D eigenvalue weighted by Crippen LogP contribution is 2.25. The van der Waals surface area contributed by atoms with Crippen molar-refractivity contribution in [1.29, 1.82) is 0 Å². The predicted molar refractivity (Wildman–Crippen MR) is 110 cm³/mol. The normalized spacial score (nSPS) is 13.2. The van der Waals surface area contributed by atoms with Crippen LogP contribution < -0.4 is 25.5 Å². The molecule has 0 saturated carbocycles. The van der Waals surface area contributed by atoms with Crippen molar-refractivity contribution in [1.82, 2.24) is 10.4 Å². The molecule has 1 aliphatic heterocycles. The van der Waals surface area contributed by atoms with Crippen LogP contribution >= 0.6 is 28.3 Å². The number of anilines is 2. The number of para-hydroxylation sites is 1. The maximum absolute atomic E-state index is 4.70. The number of rotatable bonds is 3. The molecule has 25 heavy (non-hydrogen) atoms. The summed E-state index contributed by atoms with van der Waals surface area (Å²) >= 11 is 1.46. The Kier molecular flexibility index (Phi) is 4.87. The van der Waals surface area contributed by atoms with Crippen molar-refractivity contribution in [3.63, 3.8) is 0 Å². The van der Waals surface area contributed by atoms with Gasteiger partial charge in [0.05, 0.1) is 11.0 Å². The van der Waals surface area contributed by atoms with E-state index < -0.39 is 0 Å². The van der Waals surface area contributed by atoms with Gasteiger partial charge in [-0.25, -0.2) is 4.98 Å². The second-order valence-electron chi connectivity index (χ2n) is 5.23. The molecule has 5 nitrogen and oxygen atoms in total. The zero-order chi connectivity index (χ0) is 16.5. The van der Waals surface area contributed by atoms with Crippen molar-refractivity contribution in [2.24, 2.45) is 5.10 Å². The number of hydrazone groups is 1. The molecule has 0 fully saturated rings. The Labute approximate surface area is 160 Å². The summed E-state index contributed by atoms with van der Waals surface area (Å²) in [5, 5.41) is 9.69. The summed E-state index contributed by atoms with van der Waals surface area (Å²) < 4.78 is 0.835. The zero-order valence-electron chi connectivity index (χ0n) is 13.3. The van der Waals surface area contributed by atoms with Gasteiger partial charge in [0.1, 0.15) is 0 Å². The maximum atomic E-state index is 4.70. The average molecular weight is 414 g/mol. The molecule has 0 unspecified atom stereocenters. The number of nitrogens with one attached hydrogen (secondary N) is 1. The van der Waals surface area contributed by atoms with Gasteiger partial charge in [-0.3, -0.25) is 5.43 Å². The highest BCUT2D eigenvalue weighted by atomic mass is 79.9. The Bertz CT molecular complexity index is 960. The van der Waals surface area contributed by atoms with E-state index >= 15 is 0 Å². The van der Waals surface area contributed by atoms with E-state index in [4.69, 9.17) is 5.10 Å². The topological polar surface area (TPSA) is 43.8 Å². The smallest absolute Gasteiger partial charge is 0.230 e. The van der Waals surface area contributed by atoms with Crippen molar-refractivity contribution < 1.29 is 0 Å². The molecule has 1 aliphatic rings. The number of hydrogen-bond acceptors (Lipinski definition) is 6. The monoisotopic (exact) mass is 413 g/mol. The van der Waals surface area contributed by atoms with Crippen molar-refractivity contribution in [2.45, 2.75) is 0 Å². The third-order valence-electron chi connectivity index (χ3n) is 3.58. The highest BCUT2D eigenvalue weighted by Gasteiger charge is 2.28. The van der Waals surface area contributed by atoms with Gasteiger partial charge >= 0.3 is 0 Å². The standard InChI is InChI=1S/C18H15N5S.BrH/c1-13-14(2)24-18(19-13)23-21-17(15-9-5-3-6-10-15)20-22(23)16-11-7-4-8-12-16;/h3-12H,1-2H2,(H,20,21);1H. The van der Waals surface area contributed by atoms with Crippen LogP contribution in [0.5, 0.6) is 0 Å². The summed E-state index contributed by atoms with van der Waals surface area (Å²) in [6.45, 7) is 7.88. The Balaban J connectivity index is 0.00000182. The van der Waals surface area contributed by atoms with Crippen LogP contribution in [0.25, 0.3) is 13.2 Å². The first-order valence-electron chi connectivity index (χ1n) is 7.43. The van der Waals surface area contributed by atoms with E-state index in [1.807, 2.05) is 65.8 Å². The van der Waals surface area contributed by atoms with E-state index in [0.717, 1.165) is 21.6 Å². The summed E-state index contributed by atoms with van der Waals surface area (Å²) in [6, 6.07) is 19.9. The van der Waals surface area contributed by atoms with Crippen molar-refractivity contribution in [3.05, 3.63) is 76.1 Å². The number of nitrogens with zero attached hydrogens (tertiary/aromatic N) is 4. The molecular weight excluding hydrogens is 398 g/mol. The van der Waals surface area contributed by atoms with E-state index in [9.17, 15) is 0 Å². The molecule has 1 N–H and O–H groups in total. The van der Waals surface area contributed by atoms with E-state index in [2.05, 4.69) is 23.6 Å². The Morgan fingerprint density at radius 2 is 1.56 bits per heavy atom. The van der Waals surface area contributed by atoms with Crippen LogP contribution in [-0.2, 0) is 0 Å². The van der Waals surface area contributed by atoms with E-state index in [1.165, 1.54) is 11.3 Å². The third kappa shape index (κ3) is 3.29. The van der Waals surface area contributed by atoms with Crippen LogP contribution in [0.3, 0.4) is 0 Å². The molecule has 0 spiro atoms. The lowest BCUT2D eigenvalue weighted by molar-refractivity contribution is 0.766. The molecule has 0 aliphatic carbocycles. The van der Waals surface area contributed by atoms with Gasteiger partial charge in [0.25, 0.3) is 0 Å². The molecule has 2 heterocycles. The zero-order valence-corrected chi connectivity index (χ0v) is 15.8. The number of amidine groups is 1. The van der Waals surface area contributed by atoms with Gasteiger partial charge in [0.15, 0.2) is 5.84 Å². The van der Waals surface area contributed by atoms with E-state index in [0.29, 0.717) is 10.5 Å². The van der Waals surface area contributed by atoms with Gasteiger partial charge in [0, 0.05) is 10.1 Å². The van der Waals surface area contributed by atoms with E-state index in [-0.39, 0.29) is 17.0 Å². The molecule has 0 radical (unpaired) electrons. The molecule has 0 saturated heterocycles. The maximum Gasteiger partial charge on any atom is 0.230 e. The van der Waals surface area contributed by atoms with Gasteiger partial charge in [-0.15, -0.1) is 27.2 Å². The minimum atomic E-state index is 0. The van der Waals surface area contributed by atoms with Gasteiger partial charge < -0.3 is 0 Å². The molecule has 0 atom stereocenters. The summed E-state index contributed by atoms with van der Waals surface area (Å²) in [4.78, 5) is 4.48. The fourth-order valence-corrected chi connectivity index (χ4v) is 3.10. The van der Waals surface area contributed by atoms with Crippen LogP contribution in [0.4, 0.5) is 10.8 Å². The molecule has 2 aromatic carbocycles. The molecule has 1 aromatic heterocycles. The minimum Gasteiger partial charge on any atom is -0.259 e. The number of hydrazine groups is 2. The van der Waals surface area contributed by atoms with Gasteiger partial charge in [-0.05, 0) is 12.1 Å². The number of thiazole rings is 1. The van der Waals surface area contributed by atoms with E-state index in [1.54, 1.807) is 5.12 Å². The van der Waals surface area contributed by atoms with Gasteiger partial charge in [-0.1, -0.05) is 73.0 Å². The molecule has 4 rings (SSSR count). The lowest BCUT2D eigenvalue weighted by Crippen LogP contribution is -2.44. The summed E-state index contributed by atoms with van der Waals surface area (Å²) in [5.41, 5.74) is 5.29. The SMILES string of the molecule is Br.C=c1nc(N2N=C(c3ccccc3)NN2c2ccccc2)sc1=C. The average Bonchev–Trinajstić information content (AvgIpc) is 3.21. The first-order valence-corrected chi connectivity index (χ1v) is 8.24. The second kappa shape index (κ2) is 7.08. The minimum absolute atomic E-state index is 0. The lowest BCUT2D eigenvalue weighted by atomic mass is 10.2. The fourth-order valence-electron chi connectivity index (χ4n) is 2.35. The first kappa shape index (κ1) is 17.2. The summed E-state index contributed by atoms with van der Waals surface area (Å²) in [7, 11) is 0. The molecule has 126 valence electrons. The van der Waals surface area contributed by atoms with Gasteiger partial charge in [-0.2, -0.15) is 5.12 Å².